The minimum Gasteiger partial charge on any atom is -0.497 e. The van der Waals surface area contributed by atoms with Crippen LogP contribution in [0.5, 0.6) is 11.5 Å². The van der Waals surface area contributed by atoms with E-state index in [1.807, 2.05) is 0 Å². The molecule has 0 aliphatic carbocycles. The first-order valence-electron chi connectivity index (χ1n) is 6.98. The number of nitrogens with one attached hydrogen (secondary N) is 2. The van der Waals surface area contributed by atoms with E-state index in [1.165, 1.54) is 12.8 Å². The fraction of sp³-hybridized carbons (Fsp3) is 0.533. The van der Waals surface area contributed by atoms with E-state index in [2.05, 4.69) is 10.6 Å². The quantitative estimate of drug-likeness (QED) is 0.829. The molecule has 1 heterocycles. The van der Waals surface area contributed by atoms with Crippen LogP contribution in [0, 0.1) is 0 Å². The number of hydrogen-bond donors (Lipinski definition) is 2. The molecule has 1 saturated heterocycles. The molecule has 5 nitrogen and oxygen atoms in total. The molecule has 1 aliphatic heterocycles. The highest BCUT2D eigenvalue weighted by Gasteiger charge is 2.16. The minimum atomic E-state index is -0.109. The first-order chi connectivity index (χ1) is 9.74. The third kappa shape index (κ3) is 3.63. The molecule has 0 unspecified atom stereocenters. The lowest BCUT2D eigenvalue weighted by Crippen LogP contribution is -2.30. The average Bonchev–Trinajstić information content (AvgIpc) is 2.99. The summed E-state index contributed by atoms with van der Waals surface area (Å²) in [5.41, 5.74) is 0.535. The predicted octanol–water partition coefficient (Wildman–Crippen LogP) is 1.58. The topological polar surface area (TPSA) is 59.6 Å². The number of ether oxygens (including phenoxy) is 2. The van der Waals surface area contributed by atoms with Crippen LogP contribution in [-0.4, -0.2) is 39.3 Å². The van der Waals surface area contributed by atoms with Crippen molar-refractivity contribution in [3.63, 3.8) is 0 Å². The van der Waals surface area contributed by atoms with E-state index in [0.29, 0.717) is 29.6 Å². The molecule has 1 fully saturated rings. The van der Waals surface area contributed by atoms with E-state index in [1.54, 1.807) is 32.4 Å². The molecule has 110 valence electrons. The van der Waals surface area contributed by atoms with E-state index < -0.39 is 0 Å². The average molecular weight is 278 g/mol. The lowest BCUT2D eigenvalue weighted by atomic mass is 10.1. The summed E-state index contributed by atoms with van der Waals surface area (Å²) >= 11 is 0. The molecule has 20 heavy (non-hydrogen) atoms. The number of carbonyl (C=O) groups excluding carboxylic acids is 1. The van der Waals surface area contributed by atoms with Gasteiger partial charge in [-0.15, -0.1) is 0 Å². The van der Waals surface area contributed by atoms with Gasteiger partial charge in [-0.2, -0.15) is 0 Å². The number of carbonyl (C=O) groups is 1. The standard InChI is InChI=1S/C15H22N2O3/c1-19-12-5-6-13(14(10-12)20-2)15(18)17-9-7-11-4-3-8-16-11/h5-6,10-11,16H,3-4,7-9H2,1-2H3,(H,17,18)/t11-/m0/s1. The Morgan fingerprint density at radius 1 is 1.40 bits per heavy atom. The summed E-state index contributed by atoms with van der Waals surface area (Å²) in [4.78, 5) is 12.1. The summed E-state index contributed by atoms with van der Waals surface area (Å²) in [7, 11) is 3.14. The zero-order chi connectivity index (χ0) is 14.4. The zero-order valence-electron chi connectivity index (χ0n) is 12.1. The van der Waals surface area contributed by atoms with Crippen LogP contribution in [-0.2, 0) is 0 Å². The van der Waals surface area contributed by atoms with Gasteiger partial charge >= 0.3 is 0 Å². The molecule has 1 atom stereocenters. The summed E-state index contributed by atoms with van der Waals surface area (Å²) in [6.07, 6.45) is 3.39. The van der Waals surface area contributed by atoms with E-state index in [4.69, 9.17) is 9.47 Å². The molecule has 0 bridgehead atoms. The van der Waals surface area contributed by atoms with Crippen LogP contribution in [0.2, 0.25) is 0 Å². The normalized spacial score (nSPS) is 17.8. The molecule has 5 heteroatoms. The minimum absolute atomic E-state index is 0.109. The first kappa shape index (κ1) is 14.7. The van der Waals surface area contributed by atoms with E-state index in [-0.39, 0.29) is 5.91 Å². The summed E-state index contributed by atoms with van der Waals surface area (Å²) in [6.45, 7) is 1.76. The van der Waals surface area contributed by atoms with Gasteiger partial charge < -0.3 is 20.1 Å². The lowest BCUT2D eigenvalue weighted by Gasteiger charge is -2.13. The fourth-order valence-corrected chi connectivity index (χ4v) is 2.44. The highest BCUT2D eigenvalue weighted by atomic mass is 16.5. The van der Waals surface area contributed by atoms with Crippen LogP contribution in [0.15, 0.2) is 18.2 Å². The molecular weight excluding hydrogens is 256 g/mol. The second-order valence-corrected chi connectivity index (χ2v) is 4.90. The van der Waals surface area contributed by atoms with Gasteiger partial charge in [-0.3, -0.25) is 4.79 Å². The third-order valence-electron chi connectivity index (χ3n) is 3.59. The van der Waals surface area contributed by atoms with Crippen LogP contribution >= 0.6 is 0 Å². The highest BCUT2D eigenvalue weighted by molar-refractivity contribution is 5.97. The van der Waals surface area contributed by atoms with Crippen LogP contribution < -0.4 is 20.1 Å². The first-order valence-corrected chi connectivity index (χ1v) is 6.98. The largest absolute Gasteiger partial charge is 0.497 e. The van der Waals surface area contributed by atoms with Crippen molar-refractivity contribution in [2.75, 3.05) is 27.3 Å². The maximum Gasteiger partial charge on any atom is 0.255 e. The molecule has 0 radical (unpaired) electrons. The van der Waals surface area contributed by atoms with Crippen LogP contribution in [0.1, 0.15) is 29.6 Å². The van der Waals surface area contributed by atoms with Gasteiger partial charge in [0.25, 0.3) is 5.91 Å². The van der Waals surface area contributed by atoms with Gasteiger partial charge in [0.05, 0.1) is 19.8 Å². The van der Waals surface area contributed by atoms with Crippen LogP contribution in [0.25, 0.3) is 0 Å². The molecular formula is C15H22N2O3. The summed E-state index contributed by atoms with van der Waals surface area (Å²) in [5, 5.41) is 6.35. The van der Waals surface area contributed by atoms with Gasteiger partial charge in [0.15, 0.2) is 0 Å². The number of methoxy groups -OCH3 is 2. The summed E-state index contributed by atoms with van der Waals surface area (Å²) in [6, 6.07) is 5.73. The number of amides is 1. The molecule has 0 spiro atoms. The number of benzene rings is 1. The van der Waals surface area contributed by atoms with Crippen molar-refractivity contribution in [2.24, 2.45) is 0 Å². The molecule has 0 saturated carbocycles. The van der Waals surface area contributed by atoms with Gasteiger partial charge in [-0.05, 0) is 37.9 Å². The number of rotatable bonds is 6. The summed E-state index contributed by atoms with van der Waals surface area (Å²) in [5.74, 6) is 1.09. The maximum atomic E-state index is 12.1. The van der Waals surface area contributed by atoms with Gasteiger partial charge in [0.1, 0.15) is 11.5 Å². The molecule has 1 aromatic carbocycles. The van der Waals surface area contributed by atoms with E-state index >= 15 is 0 Å². The SMILES string of the molecule is COc1ccc(C(=O)NCC[C@@H]2CCCN2)c(OC)c1. The Morgan fingerprint density at radius 2 is 2.25 bits per heavy atom. The van der Waals surface area contributed by atoms with Gasteiger partial charge in [0.2, 0.25) is 0 Å². The smallest absolute Gasteiger partial charge is 0.255 e. The Hall–Kier alpha value is -1.75. The predicted molar refractivity (Wildman–Crippen MR) is 77.5 cm³/mol. The van der Waals surface area contributed by atoms with Crippen molar-refractivity contribution < 1.29 is 14.3 Å². The Bertz CT molecular complexity index is 456. The number of hydrogen-bond acceptors (Lipinski definition) is 4. The molecule has 0 aromatic heterocycles. The van der Waals surface area contributed by atoms with Crippen molar-refractivity contribution in [3.8, 4) is 11.5 Å². The van der Waals surface area contributed by atoms with Gasteiger partial charge in [-0.25, -0.2) is 0 Å². The van der Waals surface area contributed by atoms with Crippen molar-refractivity contribution in [2.45, 2.75) is 25.3 Å². The molecule has 2 rings (SSSR count). The van der Waals surface area contributed by atoms with Crippen molar-refractivity contribution >= 4 is 5.91 Å². The van der Waals surface area contributed by atoms with Crippen LogP contribution in [0.4, 0.5) is 0 Å². The Balaban J connectivity index is 1.90. The van der Waals surface area contributed by atoms with Gasteiger partial charge in [0, 0.05) is 18.7 Å². The van der Waals surface area contributed by atoms with Crippen molar-refractivity contribution in [1.82, 2.24) is 10.6 Å². The molecule has 1 amide bonds. The molecule has 1 aliphatic rings. The van der Waals surface area contributed by atoms with Crippen LogP contribution in [0.3, 0.4) is 0 Å². The Labute approximate surface area is 119 Å². The summed E-state index contributed by atoms with van der Waals surface area (Å²) < 4.78 is 10.4. The maximum absolute atomic E-state index is 12.1. The lowest BCUT2D eigenvalue weighted by molar-refractivity contribution is 0.0949. The highest BCUT2D eigenvalue weighted by Crippen LogP contribution is 2.24. The fourth-order valence-electron chi connectivity index (χ4n) is 2.44. The Kier molecular flexibility index (Phi) is 5.24. The van der Waals surface area contributed by atoms with Gasteiger partial charge in [-0.1, -0.05) is 0 Å². The monoisotopic (exact) mass is 278 g/mol. The molecule has 2 N–H and O–H groups in total. The second-order valence-electron chi connectivity index (χ2n) is 4.90. The van der Waals surface area contributed by atoms with Crippen molar-refractivity contribution in [3.05, 3.63) is 23.8 Å². The third-order valence-corrected chi connectivity index (χ3v) is 3.59. The molecule has 1 aromatic rings. The second kappa shape index (κ2) is 7.14. The van der Waals surface area contributed by atoms with Crippen molar-refractivity contribution in [1.29, 1.82) is 0 Å². The zero-order valence-corrected chi connectivity index (χ0v) is 12.1. The van der Waals surface area contributed by atoms with E-state index in [0.717, 1.165) is 13.0 Å². The van der Waals surface area contributed by atoms with E-state index in [9.17, 15) is 4.79 Å². The Morgan fingerprint density at radius 3 is 2.90 bits per heavy atom.